The monoisotopic (exact) mass is 475 g/mol. The van der Waals surface area contributed by atoms with E-state index in [1.165, 1.54) is 0 Å². The summed E-state index contributed by atoms with van der Waals surface area (Å²) in [6.07, 6.45) is 0. The van der Waals surface area contributed by atoms with Gasteiger partial charge in [0.15, 0.2) is 11.5 Å². The topological polar surface area (TPSA) is 76.6 Å². The van der Waals surface area contributed by atoms with Crippen molar-refractivity contribution in [2.45, 2.75) is 20.8 Å². The number of carbonyl (C=O) groups excluding carboxylic acids is 1. The van der Waals surface area contributed by atoms with Gasteiger partial charge in [0.25, 0.3) is 5.56 Å². The predicted molar refractivity (Wildman–Crippen MR) is 134 cm³/mol. The standard InChI is InChI=1S/C27H29N3O5/c1-7-35-27(32)21-16-22(19-13-14-23(33-5)24(15-19)34-6)29(17(21)2)25-18(3)28(4)30(26(25)31)20-11-9-8-10-12-20/h8-16H,7H2,1-6H3. The van der Waals surface area contributed by atoms with Crippen LogP contribution in [0, 0.1) is 13.8 Å². The highest BCUT2D eigenvalue weighted by atomic mass is 16.5. The van der Waals surface area contributed by atoms with Gasteiger partial charge in [0.1, 0.15) is 5.69 Å². The van der Waals surface area contributed by atoms with Gasteiger partial charge in [0.05, 0.1) is 43.5 Å². The molecule has 4 aromatic rings. The van der Waals surface area contributed by atoms with Crippen LogP contribution in [0.2, 0.25) is 0 Å². The molecule has 0 atom stereocenters. The normalized spacial score (nSPS) is 10.9. The Hall–Kier alpha value is -4.20. The van der Waals surface area contributed by atoms with Gasteiger partial charge in [-0.1, -0.05) is 18.2 Å². The average molecular weight is 476 g/mol. The van der Waals surface area contributed by atoms with Gasteiger partial charge >= 0.3 is 5.97 Å². The number of aromatic nitrogens is 3. The van der Waals surface area contributed by atoms with E-state index in [4.69, 9.17) is 14.2 Å². The van der Waals surface area contributed by atoms with E-state index in [9.17, 15) is 9.59 Å². The van der Waals surface area contributed by atoms with Gasteiger partial charge in [0.2, 0.25) is 0 Å². The summed E-state index contributed by atoms with van der Waals surface area (Å²) >= 11 is 0. The van der Waals surface area contributed by atoms with E-state index in [1.54, 1.807) is 38.0 Å². The lowest BCUT2D eigenvalue weighted by molar-refractivity contribution is 0.0525. The molecule has 2 aromatic carbocycles. The van der Waals surface area contributed by atoms with Crippen LogP contribution in [0.4, 0.5) is 0 Å². The van der Waals surface area contributed by atoms with Crippen molar-refractivity contribution in [3.8, 4) is 34.1 Å². The molecule has 2 heterocycles. The largest absolute Gasteiger partial charge is 0.493 e. The molecule has 182 valence electrons. The zero-order chi connectivity index (χ0) is 25.3. The summed E-state index contributed by atoms with van der Waals surface area (Å²) in [6, 6.07) is 16.7. The fourth-order valence-electron chi connectivity index (χ4n) is 4.33. The molecule has 0 spiro atoms. The van der Waals surface area contributed by atoms with Gasteiger partial charge in [-0.15, -0.1) is 0 Å². The summed E-state index contributed by atoms with van der Waals surface area (Å²) in [5, 5.41) is 0. The Bertz CT molecular complexity index is 1440. The van der Waals surface area contributed by atoms with Crippen molar-refractivity contribution < 1.29 is 19.0 Å². The van der Waals surface area contributed by atoms with Crippen LogP contribution in [0.1, 0.15) is 28.7 Å². The second kappa shape index (κ2) is 9.58. The van der Waals surface area contributed by atoms with E-state index in [1.807, 2.05) is 72.6 Å². The minimum absolute atomic E-state index is 0.202. The number of ether oxygens (including phenoxy) is 3. The van der Waals surface area contributed by atoms with Crippen molar-refractivity contribution in [3.63, 3.8) is 0 Å². The minimum atomic E-state index is -0.442. The van der Waals surface area contributed by atoms with Gasteiger partial charge in [-0.3, -0.25) is 9.48 Å². The molecule has 0 fully saturated rings. The Morgan fingerprint density at radius 2 is 1.60 bits per heavy atom. The molecule has 0 aliphatic rings. The summed E-state index contributed by atoms with van der Waals surface area (Å²) in [6.45, 7) is 5.72. The molecule has 0 unspecified atom stereocenters. The zero-order valence-corrected chi connectivity index (χ0v) is 20.8. The lowest BCUT2D eigenvalue weighted by Crippen LogP contribution is -2.22. The van der Waals surface area contributed by atoms with Crippen LogP contribution in [0.15, 0.2) is 59.4 Å². The van der Waals surface area contributed by atoms with E-state index < -0.39 is 5.97 Å². The molecule has 0 saturated carbocycles. The average Bonchev–Trinajstić information content (AvgIpc) is 3.31. The molecule has 0 aliphatic heterocycles. The Morgan fingerprint density at radius 1 is 0.914 bits per heavy atom. The first kappa shape index (κ1) is 23.9. The molecule has 4 rings (SSSR count). The van der Waals surface area contributed by atoms with Crippen molar-refractivity contribution >= 4 is 5.97 Å². The molecule has 0 N–H and O–H groups in total. The molecule has 0 aliphatic carbocycles. The van der Waals surface area contributed by atoms with Crippen molar-refractivity contribution in [1.82, 2.24) is 13.9 Å². The van der Waals surface area contributed by atoms with Gasteiger partial charge in [-0.2, -0.15) is 0 Å². The smallest absolute Gasteiger partial charge is 0.339 e. The maximum Gasteiger partial charge on any atom is 0.339 e. The summed E-state index contributed by atoms with van der Waals surface area (Å²) in [7, 11) is 4.98. The molecule has 8 nitrogen and oxygen atoms in total. The molecule has 2 aromatic heterocycles. The number of esters is 1. The number of hydrogen-bond donors (Lipinski definition) is 0. The van der Waals surface area contributed by atoms with Crippen LogP contribution in [-0.4, -0.2) is 40.7 Å². The van der Waals surface area contributed by atoms with Crippen LogP contribution < -0.4 is 15.0 Å². The van der Waals surface area contributed by atoms with Crippen molar-refractivity contribution in [2.24, 2.45) is 7.05 Å². The Kier molecular flexibility index (Phi) is 6.55. The number of carbonyl (C=O) groups is 1. The lowest BCUT2D eigenvalue weighted by Gasteiger charge is -2.13. The molecular formula is C27H29N3O5. The maximum atomic E-state index is 13.8. The van der Waals surface area contributed by atoms with Crippen LogP contribution in [0.3, 0.4) is 0 Å². The number of nitrogens with zero attached hydrogens (tertiary/aromatic N) is 3. The third-order valence-electron chi connectivity index (χ3n) is 6.17. The van der Waals surface area contributed by atoms with Gasteiger partial charge < -0.3 is 18.8 Å². The molecule has 0 bridgehead atoms. The fraction of sp³-hybridized carbons (Fsp3) is 0.259. The highest BCUT2D eigenvalue weighted by molar-refractivity contribution is 5.93. The van der Waals surface area contributed by atoms with E-state index in [0.29, 0.717) is 34.1 Å². The Balaban J connectivity index is 2.04. The summed E-state index contributed by atoms with van der Waals surface area (Å²) < 4.78 is 21.4. The number of methoxy groups -OCH3 is 2. The first-order valence-electron chi connectivity index (χ1n) is 11.3. The van der Waals surface area contributed by atoms with Gasteiger partial charge in [0, 0.05) is 18.3 Å². The number of para-hydroxylation sites is 1. The Morgan fingerprint density at radius 3 is 2.23 bits per heavy atom. The minimum Gasteiger partial charge on any atom is -0.493 e. The SMILES string of the molecule is CCOC(=O)c1cc(-c2ccc(OC)c(OC)c2)n(-c2c(C)n(C)n(-c3ccccc3)c2=O)c1C. The first-order valence-corrected chi connectivity index (χ1v) is 11.3. The van der Waals surface area contributed by atoms with E-state index in [2.05, 4.69) is 0 Å². The number of rotatable bonds is 7. The fourth-order valence-corrected chi connectivity index (χ4v) is 4.33. The van der Waals surface area contributed by atoms with Crippen molar-refractivity contribution in [1.29, 1.82) is 0 Å². The van der Waals surface area contributed by atoms with Gasteiger partial charge in [-0.25, -0.2) is 9.48 Å². The quantitative estimate of drug-likeness (QED) is 0.369. The zero-order valence-electron chi connectivity index (χ0n) is 20.8. The third kappa shape index (κ3) is 4.01. The van der Waals surface area contributed by atoms with E-state index >= 15 is 0 Å². The molecule has 0 amide bonds. The summed E-state index contributed by atoms with van der Waals surface area (Å²) in [5.41, 5.74) is 4.17. The second-order valence-electron chi connectivity index (χ2n) is 8.06. The molecule has 35 heavy (non-hydrogen) atoms. The molecule has 8 heteroatoms. The van der Waals surface area contributed by atoms with Crippen molar-refractivity contribution in [2.75, 3.05) is 20.8 Å². The van der Waals surface area contributed by atoms with Crippen LogP contribution >= 0.6 is 0 Å². The molecular weight excluding hydrogens is 446 g/mol. The van der Waals surface area contributed by atoms with Crippen LogP contribution in [0.5, 0.6) is 11.5 Å². The maximum absolute atomic E-state index is 13.8. The van der Waals surface area contributed by atoms with Crippen molar-refractivity contribution in [3.05, 3.63) is 81.9 Å². The summed E-state index contributed by atoms with van der Waals surface area (Å²) in [5.74, 6) is 0.682. The van der Waals surface area contributed by atoms with Crippen LogP contribution in [0.25, 0.3) is 22.6 Å². The highest BCUT2D eigenvalue weighted by Gasteiger charge is 2.26. The third-order valence-corrected chi connectivity index (χ3v) is 6.17. The lowest BCUT2D eigenvalue weighted by atomic mass is 10.1. The molecule has 0 saturated heterocycles. The van der Waals surface area contributed by atoms with Crippen LogP contribution in [-0.2, 0) is 11.8 Å². The summed E-state index contributed by atoms with van der Waals surface area (Å²) in [4.78, 5) is 26.6. The van der Waals surface area contributed by atoms with E-state index in [-0.39, 0.29) is 12.2 Å². The molecule has 0 radical (unpaired) electrons. The van der Waals surface area contributed by atoms with Gasteiger partial charge in [-0.05, 0) is 57.2 Å². The highest BCUT2D eigenvalue weighted by Crippen LogP contribution is 2.36. The number of hydrogen-bond acceptors (Lipinski definition) is 5. The van der Waals surface area contributed by atoms with E-state index in [0.717, 1.165) is 16.9 Å². The first-order chi connectivity index (χ1) is 16.8. The Labute approximate surface area is 203 Å². The number of benzene rings is 2. The second-order valence-corrected chi connectivity index (χ2v) is 8.06. The predicted octanol–water partition coefficient (Wildman–Crippen LogP) is 4.44.